The van der Waals surface area contributed by atoms with E-state index >= 15 is 0 Å². The Morgan fingerprint density at radius 2 is 1.82 bits per heavy atom. The number of alkyl halides is 2. The highest BCUT2D eigenvalue weighted by Crippen LogP contribution is 2.47. The zero-order valence-electron chi connectivity index (χ0n) is 12.0. The smallest absolute Gasteiger partial charge is 0.321 e. The number of nitrogens with zero attached hydrogens (tertiary/aromatic N) is 3. The van der Waals surface area contributed by atoms with Gasteiger partial charge in [-0.2, -0.15) is 0 Å². The van der Waals surface area contributed by atoms with Crippen molar-refractivity contribution in [2.24, 2.45) is 17.8 Å². The summed E-state index contributed by atoms with van der Waals surface area (Å²) in [4.78, 5) is 14.4. The van der Waals surface area contributed by atoms with E-state index in [9.17, 15) is 13.6 Å². The fourth-order valence-corrected chi connectivity index (χ4v) is 5.16. The van der Waals surface area contributed by atoms with Crippen LogP contribution in [0, 0.1) is 17.8 Å². The fraction of sp³-hybridized carbons (Fsp3) is 0.786. The second-order valence-corrected chi connectivity index (χ2v) is 7.77. The van der Waals surface area contributed by atoms with Gasteiger partial charge in [-0.15, -0.1) is 10.2 Å². The van der Waals surface area contributed by atoms with Crippen molar-refractivity contribution in [3.05, 3.63) is 5.01 Å². The van der Waals surface area contributed by atoms with E-state index in [1.807, 2.05) is 4.90 Å². The maximum atomic E-state index is 12.5. The Bertz CT molecular complexity index is 567. The average molecular weight is 328 g/mol. The number of halogens is 2. The van der Waals surface area contributed by atoms with E-state index < -0.39 is 6.43 Å². The summed E-state index contributed by atoms with van der Waals surface area (Å²) >= 11 is 0.742. The van der Waals surface area contributed by atoms with Gasteiger partial charge in [0, 0.05) is 12.6 Å². The molecular weight excluding hydrogens is 310 g/mol. The van der Waals surface area contributed by atoms with Crippen molar-refractivity contribution in [1.82, 2.24) is 15.1 Å². The molecule has 120 valence electrons. The molecule has 8 heteroatoms. The zero-order valence-corrected chi connectivity index (χ0v) is 12.9. The number of urea groups is 1. The minimum absolute atomic E-state index is 0.157. The fourth-order valence-electron chi connectivity index (χ4n) is 4.57. The van der Waals surface area contributed by atoms with Gasteiger partial charge in [0.15, 0.2) is 5.01 Å². The van der Waals surface area contributed by atoms with Gasteiger partial charge in [0.1, 0.15) is 0 Å². The minimum Gasteiger partial charge on any atom is -0.321 e. The van der Waals surface area contributed by atoms with E-state index in [2.05, 4.69) is 15.5 Å². The summed E-state index contributed by atoms with van der Waals surface area (Å²) in [6.45, 7) is 0.782. The first-order valence-electron chi connectivity index (χ1n) is 7.77. The lowest BCUT2D eigenvalue weighted by Gasteiger charge is -2.38. The number of carbonyl (C=O) groups is 1. The van der Waals surface area contributed by atoms with Gasteiger partial charge < -0.3 is 4.90 Å². The third-order valence-corrected chi connectivity index (χ3v) is 6.05. The van der Waals surface area contributed by atoms with Crippen LogP contribution in [0.25, 0.3) is 0 Å². The summed E-state index contributed by atoms with van der Waals surface area (Å²) in [6.07, 6.45) is 3.29. The number of carbonyl (C=O) groups excluding carboxylic acids is 1. The predicted octanol–water partition coefficient (Wildman–Crippen LogP) is 3.52. The van der Waals surface area contributed by atoms with E-state index in [0.717, 1.165) is 42.6 Å². The van der Waals surface area contributed by atoms with Gasteiger partial charge in [0.2, 0.25) is 5.13 Å². The first-order valence-corrected chi connectivity index (χ1v) is 8.59. The Balaban J connectivity index is 1.47. The molecule has 2 unspecified atom stereocenters. The van der Waals surface area contributed by atoms with E-state index in [-0.39, 0.29) is 16.2 Å². The van der Waals surface area contributed by atoms with Crippen molar-refractivity contribution in [3.63, 3.8) is 0 Å². The first-order chi connectivity index (χ1) is 10.6. The molecule has 0 radical (unpaired) electrons. The molecule has 2 amide bonds. The second-order valence-electron chi connectivity index (χ2n) is 6.76. The number of aromatic nitrogens is 2. The highest BCUT2D eigenvalue weighted by atomic mass is 32.1. The number of hydrogen-bond acceptors (Lipinski definition) is 4. The summed E-state index contributed by atoms with van der Waals surface area (Å²) in [5.41, 5.74) is 0. The Morgan fingerprint density at radius 3 is 2.45 bits per heavy atom. The van der Waals surface area contributed by atoms with Gasteiger partial charge in [0.25, 0.3) is 6.43 Å². The van der Waals surface area contributed by atoms with Crippen molar-refractivity contribution in [3.8, 4) is 0 Å². The molecule has 0 spiro atoms. The molecule has 5 rings (SSSR count). The molecule has 1 aromatic rings. The highest BCUT2D eigenvalue weighted by molar-refractivity contribution is 7.15. The molecule has 2 aliphatic carbocycles. The maximum Gasteiger partial charge on any atom is 0.323 e. The predicted molar refractivity (Wildman–Crippen MR) is 77.9 cm³/mol. The Hall–Kier alpha value is -1.31. The van der Waals surface area contributed by atoms with Gasteiger partial charge in [-0.3, -0.25) is 5.32 Å². The maximum absolute atomic E-state index is 12.5. The van der Waals surface area contributed by atoms with E-state index in [4.69, 9.17) is 0 Å². The van der Waals surface area contributed by atoms with Gasteiger partial charge >= 0.3 is 6.03 Å². The number of anilines is 1. The first kappa shape index (κ1) is 14.3. The van der Waals surface area contributed by atoms with Gasteiger partial charge in [-0.05, 0) is 49.9 Å². The van der Waals surface area contributed by atoms with Crippen LogP contribution in [0.3, 0.4) is 0 Å². The third kappa shape index (κ3) is 2.57. The lowest BCUT2D eigenvalue weighted by Crippen LogP contribution is -2.44. The zero-order chi connectivity index (χ0) is 15.3. The lowest BCUT2D eigenvalue weighted by molar-refractivity contribution is 0.136. The monoisotopic (exact) mass is 328 g/mol. The molecule has 4 aliphatic rings. The summed E-state index contributed by atoms with van der Waals surface area (Å²) in [5.74, 6) is 2.10. The van der Waals surface area contributed by atoms with Gasteiger partial charge in [-0.1, -0.05) is 11.3 Å². The summed E-state index contributed by atoms with van der Waals surface area (Å²) in [7, 11) is 0. The molecule has 4 bridgehead atoms. The molecule has 2 saturated heterocycles. The summed E-state index contributed by atoms with van der Waals surface area (Å²) in [5, 5.41) is 9.49. The number of nitrogens with one attached hydrogen (secondary N) is 1. The van der Waals surface area contributed by atoms with Gasteiger partial charge in [0.05, 0.1) is 0 Å². The van der Waals surface area contributed by atoms with E-state index in [1.165, 1.54) is 19.3 Å². The number of fused-ring (bicyclic) bond motifs is 1. The number of rotatable bonds is 2. The molecule has 1 N–H and O–H groups in total. The van der Waals surface area contributed by atoms with Crippen LogP contribution in [0.5, 0.6) is 0 Å². The van der Waals surface area contributed by atoms with Gasteiger partial charge in [-0.25, -0.2) is 13.6 Å². The van der Waals surface area contributed by atoms with E-state index in [0.29, 0.717) is 12.0 Å². The quantitative estimate of drug-likeness (QED) is 0.904. The summed E-state index contributed by atoms with van der Waals surface area (Å²) in [6, 6.07) is 0.0777. The van der Waals surface area contributed by atoms with Crippen LogP contribution in [0.1, 0.15) is 43.5 Å². The molecule has 1 aromatic heterocycles. The molecule has 0 aromatic carbocycles. The van der Waals surface area contributed by atoms with Crippen LogP contribution in [0.15, 0.2) is 0 Å². The molecule has 5 nitrogen and oxygen atoms in total. The van der Waals surface area contributed by atoms with Crippen molar-refractivity contribution in [2.75, 3.05) is 11.9 Å². The van der Waals surface area contributed by atoms with Crippen LogP contribution in [0.2, 0.25) is 0 Å². The van der Waals surface area contributed by atoms with Crippen molar-refractivity contribution in [1.29, 1.82) is 0 Å². The molecule has 22 heavy (non-hydrogen) atoms. The van der Waals surface area contributed by atoms with Crippen LogP contribution in [0.4, 0.5) is 18.7 Å². The highest BCUT2D eigenvalue weighted by Gasteiger charge is 2.44. The normalized spacial score (nSPS) is 33.3. The van der Waals surface area contributed by atoms with E-state index in [1.54, 1.807) is 0 Å². The molecule has 2 atom stereocenters. The number of hydrogen-bond donors (Lipinski definition) is 1. The van der Waals surface area contributed by atoms with Crippen LogP contribution < -0.4 is 5.32 Å². The lowest BCUT2D eigenvalue weighted by atomic mass is 9.68. The molecular formula is C14H18F2N4OS. The Morgan fingerprint density at radius 1 is 1.14 bits per heavy atom. The largest absolute Gasteiger partial charge is 0.323 e. The van der Waals surface area contributed by atoms with Crippen molar-refractivity contribution < 1.29 is 13.6 Å². The average Bonchev–Trinajstić information content (AvgIpc) is 2.83. The molecule has 4 fully saturated rings. The molecule has 2 saturated carbocycles. The van der Waals surface area contributed by atoms with Crippen molar-refractivity contribution in [2.45, 2.75) is 44.6 Å². The molecule has 3 heterocycles. The topological polar surface area (TPSA) is 58.1 Å². The van der Waals surface area contributed by atoms with Crippen LogP contribution in [-0.4, -0.2) is 33.7 Å². The van der Waals surface area contributed by atoms with Crippen LogP contribution >= 0.6 is 11.3 Å². The SMILES string of the molecule is O=C(Nc1nnc(C(F)F)s1)N1CC2CC3CC(C2)CC1C3. The number of amides is 2. The Kier molecular flexibility index (Phi) is 3.51. The molecule has 2 aliphatic heterocycles. The summed E-state index contributed by atoms with van der Waals surface area (Å²) < 4.78 is 25.1. The second kappa shape index (κ2) is 5.40. The standard InChI is InChI=1S/C14H18F2N4OS/c15-11(16)12-18-19-13(22-12)17-14(21)20-6-9-2-7-1-8(3-9)5-10(20)4-7/h7-11H,1-6H2,(H,17,19,21). The van der Waals surface area contributed by atoms with Crippen molar-refractivity contribution >= 4 is 22.5 Å². The Labute approximate surface area is 131 Å². The van der Waals surface area contributed by atoms with Crippen LogP contribution in [-0.2, 0) is 0 Å². The third-order valence-electron chi connectivity index (χ3n) is 5.21. The minimum atomic E-state index is -2.65.